The number of pyridine rings is 1. The summed E-state index contributed by atoms with van der Waals surface area (Å²) >= 11 is 1.48. The van der Waals surface area contributed by atoms with Gasteiger partial charge in [-0.2, -0.15) is 0 Å². The lowest BCUT2D eigenvalue weighted by molar-refractivity contribution is 0.112. The van der Waals surface area contributed by atoms with Gasteiger partial charge in [0.15, 0.2) is 6.29 Å². The topological polar surface area (TPSA) is 108 Å². The minimum Gasteiger partial charge on any atom is -0.464 e. The summed E-state index contributed by atoms with van der Waals surface area (Å²) in [7, 11) is 1.50. The second-order valence-electron chi connectivity index (χ2n) is 4.90. The molecule has 0 radical (unpaired) electrons. The van der Waals surface area contributed by atoms with Gasteiger partial charge in [0, 0.05) is 29.4 Å². The average molecular weight is 353 g/mol. The van der Waals surface area contributed by atoms with Crippen LogP contribution in [0, 0.1) is 6.92 Å². The number of fused-ring (bicyclic) bond motifs is 1. The number of carbonyl (C=O) groups is 1. The summed E-state index contributed by atoms with van der Waals surface area (Å²) in [6, 6.07) is 3.57. The van der Waals surface area contributed by atoms with E-state index in [1.54, 1.807) is 24.7 Å². The quantitative estimate of drug-likeness (QED) is 0.564. The highest BCUT2D eigenvalue weighted by molar-refractivity contribution is 7.18. The number of rotatable bonds is 3. The average Bonchev–Trinajstić information content (AvgIpc) is 3.29. The van der Waals surface area contributed by atoms with Gasteiger partial charge in [-0.1, -0.05) is 0 Å². The van der Waals surface area contributed by atoms with E-state index in [4.69, 9.17) is 4.42 Å². The number of thiazole rings is 1. The molecule has 2 N–H and O–H groups in total. The zero-order chi connectivity index (χ0) is 17.8. The Morgan fingerprint density at radius 2 is 1.96 bits per heavy atom. The normalized spacial score (nSPS) is 10.4. The number of nitrogens with two attached hydrogens (primary N) is 1. The Bertz CT molecular complexity index is 1010. The number of hydrogen-bond donors (Lipinski definition) is 1. The molecule has 0 atom stereocenters. The highest BCUT2D eigenvalue weighted by Gasteiger charge is 2.16. The van der Waals surface area contributed by atoms with Crippen LogP contribution in [-0.4, -0.2) is 33.3 Å². The van der Waals surface area contributed by atoms with Crippen molar-refractivity contribution in [2.24, 2.45) is 5.73 Å². The van der Waals surface area contributed by atoms with E-state index < -0.39 is 0 Å². The predicted octanol–water partition coefficient (Wildman–Crippen LogP) is 3.10. The summed E-state index contributed by atoms with van der Waals surface area (Å²) in [5.41, 5.74) is 7.86. The van der Waals surface area contributed by atoms with Gasteiger partial charge in [-0.25, -0.2) is 19.9 Å². The fraction of sp³-hybridized carbons (Fsp3) is 0.118. The van der Waals surface area contributed by atoms with Crippen LogP contribution in [0.25, 0.3) is 32.1 Å². The Morgan fingerprint density at radius 1 is 1.20 bits per heavy atom. The molecule has 0 spiro atoms. The largest absolute Gasteiger partial charge is 0.464 e. The third-order valence-electron chi connectivity index (χ3n) is 3.43. The van der Waals surface area contributed by atoms with E-state index in [9.17, 15) is 4.79 Å². The summed E-state index contributed by atoms with van der Waals surface area (Å²) in [6.07, 6.45) is 7.21. The van der Waals surface area contributed by atoms with Crippen LogP contribution >= 0.6 is 11.3 Å². The first kappa shape index (κ1) is 16.9. The van der Waals surface area contributed by atoms with Crippen LogP contribution < -0.4 is 5.73 Å². The summed E-state index contributed by atoms with van der Waals surface area (Å²) in [5, 5.41) is 1.52. The lowest BCUT2D eigenvalue weighted by Crippen LogP contribution is -1.91. The number of carbonyl (C=O) groups excluding carboxylic acids is 1. The smallest absolute Gasteiger partial charge is 0.169 e. The molecule has 0 fully saturated rings. The predicted molar refractivity (Wildman–Crippen MR) is 96.4 cm³/mol. The second kappa shape index (κ2) is 7.29. The minimum atomic E-state index is 0.364. The Labute approximate surface area is 147 Å². The molecule has 0 amide bonds. The van der Waals surface area contributed by atoms with Gasteiger partial charge in [0.2, 0.25) is 0 Å². The first-order valence-corrected chi connectivity index (χ1v) is 8.22. The maximum atomic E-state index is 11.3. The van der Waals surface area contributed by atoms with E-state index in [1.807, 2.05) is 13.0 Å². The van der Waals surface area contributed by atoms with Crippen molar-refractivity contribution in [1.82, 2.24) is 19.9 Å². The zero-order valence-corrected chi connectivity index (χ0v) is 14.4. The molecule has 126 valence electrons. The molecule has 0 bridgehead atoms. The van der Waals surface area contributed by atoms with Crippen LogP contribution in [0.4, 0.5) is 0 Å². The number of nitrogens with zero attached hydrogens (tertiary/aromatic N) is 4. The van der Waals surface area contributed by atoms with Gasteiger partial charge in [-0.3, -0.25) is 4.79 Å². The molecule has 7 nitrogen and oxygen atoms in total. The van der Waals surface area contributed by atoms with Crippen LogP contribution in [0.15, 0.2) is 41.5 Å². The Kier molecular flexibility index (Phi) is 4.92. The van der Waals surface area contributed by atoms with Crippen molar-refractivity contribution in [3.63, 3.8) is 0 Å². The van der Waals surface area contributed by atoms with Crippen LogP contribution in [0.3, 0.4) is 0 Å². The summed E-state index contributed by atoms with van der Waals surface area (Å²) in [4.78, 5) is 29.2. The highest BCUT2D eigenvalue weighted by atomic mass is 32.1. The molecule has 0 aliphatic heterocycles. The Morgan fingerprint density at radius 3 is 2.68 bits per heavy atom. The molecule has 0 saturated heterocycles. The van der Waals surface area contributed by atoms with Crippen molar-refractivity contribution in [1.29, 1.82) is 0 Å². The van der Waals surface area contributed by atoms with Crippen molar-refractivity contribution in [2.45, 2.75) is 6.92 Å². The molecule has 4 aromatic heterocycles. The van der Waals surface area contributed by atoms with Crippen molar-refractivity contribution >= 4 is 28.6 Å². The molecule has 4 rings (SSSR count). The maximum Gasteiger partial charge on any atom is 0.169 e. The van der Waals surface area contributed by atoms with Crippen LogP contribution in [0.2, 0.25) is 0 Å². The third kappa shape index (κ3) is 3.17. The van der Waals surface area contributed by atoms with Gasteiger partial charge in [0.25, 0.3) is 0 Å². The van der Waals surface area contributed by atoms with Crippen molar-refractivity contribution in [3.8, 4) is 21.1 Å². The molecular weight excluding hydrogens is 338 g/mol. The zero-order valence-electron chi connectivity index (χ0n) is 13.6. The Balaban J connectivity index is 0.000000880. The number of aromatic nitrogens is 4. The van der Waals surface area contributed by atoms with Gasteiger partial charge in [0.1, 0.15) is 22.6 Å². The summed E-state index contributed by atoms with van der Waals surface area (Å²) in [6.45, 7) is 1.91. The van der Waals surface area contributed by atoms with Crippen molar-refractivity contribution in [3.05, 3.63) is 48.5 Å². The molecule has 0 unspecified atom stereocenters. The highest BCUT2D eigenvalue weighted by Crippen LogP contribution is 2.35. The monoisotopic (exact) mass is 353 g/mol. The van der Waals surface area contributed by atoms with Gasteiger partial charge in [-0.05, 0) is 20.0 Å². The van der Waals surface area contributed by atoms with Crippen molar-refractivity contribution in [2.75, 3.05) is 7.05 Å². The lowest BCUT2D eigenvalue weighted by Gasteiger charge is -2.00. The van der Waals surface area contributed by atoms with Gasteiger partial charge < -0.3 is 10.2 Å². The van der Waals surface area contributed by atoms with Gasteiger partial charge in [-0.15, -0.1) is 11.3 Å². The fourth-order valence-corrected chi connectivity index (χ4v) is 3.37. The van der Waals surface area contributed by atoms with Gasteiger partial charge in [0.05, 0.1) is 22.5 Å². The summed E-state index contributed by atoms with van der Waals surface area (Å²) < 4.78 is 5.42. The van der Waals surface area contributed by atoms with E-state index in [1.165, 1.54) is 24.7 Å². The maximum absolute atomic E-state index is 11.3. The number of hydrogen-bond acceptors (Lipinski definition) is 8. The lowest BCUT2D eigenvalue weighted by atomic mass is 10.2. The molecule has 25 heavy (non-hydrogen) atoms. The summed E-state index contributed by atoms with van der Waals surface area (Å²) in [5.74, 6) is 0. The third-order valence-corrected chi connectivity index (χ3v) is 4.66. The second-order valence-corrected chi connectivity index (χ2v) is 5.90. The van der Waals surface area contributed by atoms with Crippen LogP contribution in [0.5, 0.6) is 0 Å². The van der Waals surface area contributed by atoms with E-state index in [-0.39, 0.29) is 0 Å². The number of furan rings is 1. The SMILES string of the molecule is CN.Cc1nc(-c2cncnc2)sc1-c1cc2occc2c(C=O)n1. The van der Waals surface area contributed by atoms with E-state index in [0.717, 1.165) is 27.4 Å². The molecule has 0 aromatic carbocycles. The van der Waals surface area contributed by atoms with Crippen LogP contribution in [-0.2, 0) is 0 Å². The van der Waals surface area contributed by atoms with Crippen LogP contribution in [0.1, 0.15) is 16.2 Å². The standard InChI is InChI=1S/C16H10N4O2S.CH5N/c1-9-15(23-16(19-9)10-5-17-8-18-6-10)12-4-14-11(2-3-22-14)13(7-21)20-12;1-2/h2-8H,1H3;2H2,1H3. The molecule has 0 aliphatic carbocycles. The Hall–Kier alpha value is -2.97. The first-order chi connectivity index (χ1) is 12.3. The molecular formula is C17H15N5O2S. The molecule has 0 aliphatic rings. The van der Waals surface area contributed by atoms with Crippen molar-refractivity contribution < 1.29 is 9.21 Å². The molecule has 8 heteroatoms. The number of aryl methyl sites for hydroxylation is 1. The molecule has 4 aromatic rings. The number of aldehydes is 1. The van der Waals surface area contributed by atoms with E-state index in [0.29, 0.717) is 22.4 Å². The molecule has 0 saturated carbocycles. The van der Waals surface area contributed by atoms with Gasteiger partial charge >= 0.3 is 0 Å². The first-order valence-electron chi connectivity index (χ1n) is 7.40. The van der Waals surface area contributed by atoms with E-state index >= 15 is 0 Å². The molecule has 4 heterocycles. The fourth-order valence-electron chi connectivity index (χ4n) is 2.36. The van der Waals surface area contributed by atoms with E-state index in [2.05, 4.69) is 25.7 Å². The minimum absolute atomic E-state index is 0.364.